The number of hydrogen-bond donors (Lipinski definition) is 1. The van der Waals surface area contributed by atoms with Crippen molar-refractivity contribution in [1.82, 2.24) is 5.32 Å². The molecule has 0 aromatic rings. The van der Waals surface area contributed by atoms with Crippen LogP contribution in [0.3, 0.4) is 0 Å². The molecule has 0 spiro atoms. The molecule has 0 saturated heterocycles. The van der Waals surface area contributed by atoms with E-state index < -0.39 is 12.1 Å². The number of halogens is 3. The molecule has 0 heterocycles. The summed E-state index contributed by atoms with van der Waals surface area (Å²) < 4.78 is 36.6. The van der Waals surface area contributed by atoms with E-state index in [0.717, 1.165) is 25.7 Å². The Morgan fingerprint density at radius 1 is 1.31 bits per heavy atom. The Balaban J connectivity index is 3.81. The Kier molecular flexibility index (Phi) is 7.15. The molecule has 0 aliphatic rings. The van der Waals surface area contributed by atoms with E-state index in [2.05, 4.69) is 12.2 Å². The van der Waals surface area contributed by atoms with Crippen molar-refractivity contribution in [3.63, 3.8) is 0 Å². The van der Waals surface area contributed by atoms with Crippen molar-refractivity contribution in [3.8, 4) is 6.07 Å². The lowest BCUT2D eigenvalue weighted by Crippen LogP contribution is -2.36. The van der Waals surface area contributed by atoms with Crippen LogP contribution in [0.1, 0.15) is 39.5 Å². The average Bonchev–Trinajstić information content (AvgIpc) is 2.17. The lowest BCUT2D eigenvalue weighted by Gasteiger charge is -2.18. The first-order valence-corrected chi connectivity index (χ1v) is 5.61. The predicted molar refractivity (Wildman–Crippen MR) is 56.8 cm³/mol. The number of unbranched alkanes of at least 4 members (excludes halogenated alkanes) is 2. The van der Waals surface area contributed by atoms with E-state index in [9.17, 15) is 13.2 Å². The van der Waals surface area contributed by atoms with Crippen molar-refractivity contribution < 1.29 is 13.2 Å². The molecule has 0 aliphatic heterocycles. The van der Waals surface area contributed by atoms with Crippen LogP contribution in [0.2, 0.25) is 0 Å². The average molecular weight is 236 g/mol. The van der Waals surface area contributed by atoms with Gasteiger partial charge in [-0.2, -0.15) is 18.4 Å². The fourth-order valence-corrected chi connectivity index (χ4v) is 1.36. The second-order valence-electron chi connectivity index (χ2n) is 4.03. The maximum absolute atomic E-state index is 12.2. The van der Waals surface area contributed by atoms with E-state index >= 15 is 0 Å². The highest BCUT2D eigenvalue weighted by Crippen LogP contribution is 2.25. The zero-order valence-corrected chi connectivity index (χ0v) is 9.77. The monoisotopic (exact) mass is 236 g/mol. The molecule has 5 heteroatoms. The van der Waals surface area contributed by atoms with Crippen LogP contribution in [0, 0.1) is 17.2 Å². The van der Waals surface area contributed by atoms with Crippen molar-refractivity contribution in [2.45, 2.75) is 51.7 Å². The molecule has 2 unspecified atom stereocenters. The number of nitrogens with zero attached hydrogens (tertiary/aromatic N) is 1. The van der Waals surface area contributed by atoms with Crippen molar-refractivity contribution in [2.75, 3.05) is 6.54 Å². The van der Waals surface area contributed by atoms with Gasteiger partial charge >= 0.3 is 6.18 Å². The smallest absolute Gasteiger partial charge is 0.313 e. The summed E-state index contributed by atoms with van der Waals surface area (Å²) in [4.78, 5) is 0. The summed E-state index contributed by atoms with van der Waals surface area (Å²) >= 11 is 0. The molecule has 0 bridgehead atoms. The van der Waals surface area contributed by atoms with Crippen LogP contribution in [0.25, 0.3) is 0 Å². The third-order valence-electron chi connectivity index (χ3n) is 2.46. The van der Waals surface area contributed by atoms with Crippen LogP contribution in [-0.4, -0.2) is 18.8 Å². The molecule has 0 aliphatic carbocycles. The van der Waals surface area contributed by atoms with Crippen molar-refractivity contribution in [3.05, 3.63) is 0 Å². The van der Waals surface area contributed by atoms with Gasteiger partial charge in [0.15, 0.2) is 5.92 Å². The van der Waals surface area contributed by atoms with Gasteiger partial charge in [-0.15, -0.1) is 0 Å². The molecule has 0 radical (unpaired) electrons. The van der Waals surface area contributed by atoms with E-state index in [-0.39, 0.29) is 12.6 Å². The van der Waals surface area contributed by atoms with Crippen molar-refractivity contribution in [1.29, 1.82) is 5.26 Å². The van der Waals surface area contributed by atoms with Crippen LogP contribution in [0.4, 0.5) is 13.2 Å². The standard InChI is InChI=1S/C11H19F3N2/c1-3-4-5-6-9(2)16-8-10(7-15)11(12,13)14/h9-10,16H,3-6,8H2,1-2H3. The Hall–Kier alpha value is -0.760. The molecule has 0 amide bonds. The Labute approximate surface area is 94.8 Å². The van der Waals surface area contributed by atoms with E-state index in [1.54, 1.807) is 0 Å². The minimum Gasteiger partial charge on any atom is -0.313 e. The first kappa shape index (κ1) is 15.2. The SMILES string of the molecule is CCCCCC(C)NCC(C#N)C(F)(F)F. The second-order valence-corrected chi connectivity index (χ2v) is 4.03. The van der Waals surface area contributed by atoms with Gasteiger partial charge in [0.2, 0.25) is 0 Å². The quantitative estimate of drug-likeness (QED) is 0.689. The van der Waals surface area contributed by atoms with Crippen LogP contribution in [0.15, 0.2) is 0 Å². The molecule has 0 fully saturated rings. The second kappa shape index (κ2) is 7.50. The van der Waals surface area contributed by atoms with E-state index in [4.69, 9.17) is 5.26 Å². The summed E-state index contributed by atoms with van der Waals surface area (Å²) in [6.07, 6.45) is -0.383. The van der Waals surface area contributed by atoms with Gasteiger partial charge in [0, 0.05) is 12.6 Å². The number of alkyl halides is 3. The Morgan fingerprint density at radius 2 is 1.94 bits per heavy atom. The third-order valence-corrected chi connectivity index (χ3v) is 2.46. The normalized spacial score (nSPS) is 15.5. The van der Waals surface area contributed by atoms with E-state index in [0.29, 0.717) is 0 Å². The van der Waals surface area contributed by atoms with Gasteiger partial charge in [-0.3, -0.25) is 0 Å². The maximum Gasteiger partial charge on any atom is 0.405 e. The van der Waals surface area contributed by atoms with Crippen LogP contribution < -0.4 is 5.32 Å². The fraction of sp³-hybridized carbons (Fsp3) is 0.909. The molecule has 0 rings (SSSR count). The highest BCUT2D eigenvalue weighted by molar-refractivity contribution is 4.90. The highest BCUT2D eigenvalue weighted by atomic mass is 19.4. The van der Waals surface area contributed by atoms with Gasteiger partial charge in [-0.25, -0.2) is 0 Å². The summed E-state index contributed by atoms with van der Waals surface area (Å²) in [6, 6.07) is 1.31. The minimum atomic E-state index is -4.43. The summed E-state index contributed by atoms with van der Waals surface area (Å²) in [6.45, 7) is 3.61. The number of hydrogen-bond acceptors (Lipinski definition) is 2. The zero-order valence-electron chi connectivity index (χ0n) is 9.77. The number of nitrogens with one attached hydrogen (secondary N) is 1. The molecule has 2 nitrogen and oxygen atoms in total. The Morgan fingerprint density at radius 3 is 2.38 bits per heavy atom. The van der Waals surface area contributed by atoms with Gasteiger partial charge in [-0.1, -0.05) is 26.2 Å². The predicted octanol–water partition coefficient (Wildman–Crippen LogP) is 3.25. The topological polar surface area (TPSA) is 35.8 Å². The molecule has 0 aromatic carbocycles. The summed E-state index contributed by atoms with van der Waals surface area (Å²) in [7, 11) is 0. The first-order valence-electron chi connectivity index (χ1n) is 5.61. The zero-order chi connectivity index (χ0) is 12.6. The van der Waals surface area contributed by atoms with Crippen LogP contribution >= 0.6 is 0 Å². The molecule has 16 heavy (non-hydrogen) atoms. The minimum absolute atomic E-state index is 0.0322. The summed E-state index contributed by atoms with van der Waals surface area (Å²) in [5, 5.41) is 11.1. The van der Waals surface area contributed by atoms with Crippen LogP contribution in [0.5, 0.6) is 0 Å². The van der Waals surface area contributed by atoms with E-state index in [1.807, 2.05) is 6.92 Å². The maximum atomic E-state index is 12.2. The van der Waals surface area contributed by atoms with E-state index in [1.165, 1.54) is 6.07 Å². The largest absolute Gasteiger partial charge is 0.405 e. The molecule has 1 N–H and O–H groups in total. The molecule has 0 aromatic heterocycles. The number of rotatable bonds is 7. The lowest BCUT2D eigenvalue weighted by atomic mass is 10.1. The third kappa shape index (κ3) is 6.67. The molecule has 2 atom stereocenters. The highest BCUT2D eigenvalue weighted by Gasteiger charge is 2.39. The lowest BCUT2D eigenvalue weighted by molar-refractivity contribution is -0.157. The van der Waals surface area contributed by atoms with Gasteiger partial charge in [0.25, 0.3) is 0 Å². The molecular formula is C11H19F3N2. The van der Waals surface area contributed by atoms with Gasteiger partial charge in [0.1, 0.15) is 0 Å². The molecule has 0 saturated carbocycles. The summed E-state index contributed by atoms with van der Waals surface area (Å²) in [5.41, 5.74) is 0. The van der Waals surface area contributed by atoms with Crippen LogP contribution in [-0.2, 0) is 0 Å². The fourth-order valence-electron chi connectivity index (χ4n) is 1.36. The van der Waals surface area contributed by atoms with Crippen molar-refractivity contribution >= 4 is 0 Å². The number of nitriles is 1. The van der Waals surface area contributed by atoms with Gasteiger partial charge in [0.05, 0.1) is 6.07 Å². The summed E-state index contributed by atoms with van der Waals surface area (Å²) in [5.74, 6) is -1.90. The van der Waals surface area contributed by atoms with Gasteiger partial charge < -0.3 is 5.32 Å². The first-order chi connectivity index (χ1) is 7.41. The molecule has 94 valence electrons. The molecular weight excluding hydrogens is 217 g/mol. The van der Waals surface area contributed by atoms with Gasteiger partial charge in [-0.05, 0) is 13.3 Å². The Bertz CT molecular complexity index is 220. The van der Waals surface area contributed by atoms with Crippen molar-refractivity contribution in [2.24, 2.45) is 5.92 Å².